The Morgan fingerprint density at radius 2 is 2.00 bits per heavy atom. The lowest BCUT2D eigenvalue weighted by Gasteiger charge is -2.07. The zero-order chi connectivity index (χ0) is 12.5. The van der Waals surface area contributed by atoms with E-state index in [4.69, 9.17) is 10.5 Å². The topological polar surface area (TPSA) is 73.1 Å². The van der Waals surface area contributed by atoms with Crippen LogP contribution in [0.5, 0.6) is 5.88 Å². The second-order valence-corrected chi connectivity index (χ2v) is 4.00. The van der Waals surface area contributed by atoms with Crippen molar-refractivity contribution in [2.24, 2.45) is 5.73 Å². The molecular formula is C12H22N4O. The fourth-order valence-electron chi connectivity index (χ4n) is 1.55. The highest BCUT2D eigenvalue weighted by molar-refractivity contribution is 5.30. The van der Waals surface area contributed by atoms with Gasteiger partial charge in [-0.2, -0.15) is 4.98 Å². The Kier molecular flexibility index (Phi) is 6.32. The lowest BCUT2D eigenvalue weighted by atomic mass is 10.2. The summed E-state index contributed by atoms with van der Waals surface area (Å²) < 4.78 is 5.09. The largest absolute Gasteiger partial charge is 0.481 e. The van der Waals surface area contributed by atoms with Crippen molar-refractivity contribution in [2.45, 2.75) is 32.6 Å². The highest BCUT2D eigenvalue weighted by Gasteiger charge is 2.01. The molecule has 0 amide bonds. The number of rotatable bonds is 8. The molecule has 1 aromatic rings. The van der Waals surface area contributed by atoms with Crippen molar-refractivity contribution in [2.75, 3.05) is 25.5 Å². The lowest BCUT2D eigenvalue weighted by molar-refractivity contribution is 0.397. The number of aromatic nitrogens is 2. The quantitative estimate of drug-likeness (QED) is 0.675. The van der Waals surface area contributed by atoms with Crippen LogP contribution >= 0.6 is 0 Å². The predicted octanol–water partition coefficient (Wildman–Crippen LogP) is 1.72. The van der Waals surface area contributed by atoms with E-state index in [9.17, 15) is 0 Å². The lowest BCUT2D eigenvalue weighted by Crippen LogP contribution is -2.07. The number of ether oxygens (including phenoxy) is 1. The van der Waals surface area contributed by atoms with E-state index in [0.717, 1.165) is 31.6 Å². The maximum absolute atomic E-state index is 5.43. The van der Waals surface area contributed by atoms with Crippen LogP contribution in [0.15, 0.2) is 6.07 Å². The molecule has 17 heavy (non-hydrogen) atoms. The minimum absolute atomic E-state index is 0.600. The molecule has 0 aliphatic rings. The molecule has 1 rings (SSSR count). The molecule has 5 heteroatoms. The number of methoxy groups -OCH3 is 1. The van der Waals surface area contributed by atoms with E-state index in [0.29, 0.717) is 11.8 Å². The van der Waals surface area contributed by atoms with Crippen LogP contribution < -0.4 is 15.8 Å². The maximum Gasteiger partial charge on any atom is 0.226 e. The fraction of sp³-hybridized carbons (Fsp3) is 0.667. The first kappa shape index (κ1) is 13.7. The molecule has 5 nitrogen and oxygen atoms in total. The van der Waals surface area contributed by atoms with Gasteiger partial charge in [0.15, 0.2) is 0 Å². The van der Waals surface area contributed by atoms with Crippen LogP contribution in [0, 0.1) is 6.92 Å². The summed E-state index contributed by atoms with van der Waals surface area (Å²) in [7, 11) is 1.61. The van der Waals surface area contributed by atoms with E-state index < -0.39 is 0 Å². The third-order valence-electron chi connectivity index (χ3n) is 2.45. The van der Waals surface area contributed by atoms with Crippen molar-refractivity contribution in [3.8, 4) is 5.88 Å². The molecule has 0 atom stereocenters. The number of aryl methyl sites for hydroxylation is 1. The predicted molar refractivity (Wildman–Crippen MR) is 69.3 cm³/mol. The van der Waals surface area contributed by atoms with Gasteiger partial charge in [0.25, 0.3) is 0 Å². The third kappa shape index (κ3) is 5.49. The Hall–Kier alpha value is -1.36. The normalized spacial score (nSPS) is 10.3. The van der Waals surface area contributed by atoms with Crippen molar-refractivity contribution in [1.29, 1.82) is 0 Å². The number of hydrogen-bond donors (Lipinski definition) is 2. The van der Waals surface area contributed by atoms with Gasteiger partial charge in [-0.3, -0.25) is 0 Å². The van der Waals surface area contributed by atoms with Crippen molar-refractivity contribution in [3.05, 3.63) is 11.8 Å². The molecule has 3 N–H and O–H groups in total. The summed E-state index contributed by atoms with van der Waals surface area (Å²) >= 11 is 0. The average Bonchev–Trinajstić information content (AvgIpc) is 2.33. The summed E-state index contributed by atoms with van der Waals surface area (Å²) in [6, 6.07) is 1.81. The summed E-state index contributed by atoms with van der Waals surface area (Å²) in [5.41, 5.74) is 6.34. The van der Waals surface area contributed by atoms with E-state index in [1.54, 1.807) is 7.11 Å². The molecule has 0 unspecified atom stereocenters. The summed E-state index contributed by atoms with van der Waals surface area (Å²) in [5.74, 6) is 1.24. The van der Waals surface area contributed by atoms with Gasteiger partial charge >= 0.3 is 0 Å². The van der Waals surface area contributed by atoms with Gasteiger partial charge < -0.3 is 15.8 Å². The average molecular weight is 238 g/mol. The Bertz CT molecular complexity index is 330. The van der Waals surface area contributed by atoms with Gasteiger partial charge in [-0.05, 0) is 26.3 Å². The van der Waals surface area contributed by atoms with E-state index in [1.807, 2.05) is 13.0 Å². The second kappa shape index (κ2) is 7.84. The highest BCUT2D eigenvalue weighted by atomic mass is 16.5. The zero-order valence-electron chi connectivity index (χ0n) is 10.7. The van der Waals surface area contributed by atoms with Gasteiger partial charge in [0.1, 0.15) is 0 Å². The second-order valence-electron chi connectivity index (χ2n) is 4.00. The Morgan fingerprint density at radius 1 is 1.24 bits per heavy atom. The monoisotopic (exact) mass is 238 g/mol. The van der Waals surface area contributed by atoms with Crippen LogP contribution in [0.4, 0.5) is 5.95 Å². The molecule has 0 bridgehead atoms. The van der Waals surface area contributed by atoms with Crippen LogP contribution in [-0.4, -0.2) is 30.2 Å². The molecule has 1 aromatic heterocycles. The van der Waals surface area contributed by atoms with E-state index in [-0.39, 0.29) is 0 Å². The molecular weight excluding hydrogens is 216 g/mol. The van der Waals surface area contributed by atoms with Gasteiger partial charge in [0.2, 0.25) is 11.8 Å². The Balaban J connectivity index is 2.28. The number of nitrogens with two attached hydrogens (primary N) is 1. The molecule has 1 heterocycles. The highest BCUT2D eigenvalue weighted by Crippen LogP contribution is 2.11. The molecule has 0 saturated heterocycles. The van der Waals surface area contributed by atoms with Crippen LogP contribution in [-0.2, 0) is 0 Å². The summed E-state index contributed by atoms with van der Waals surface area (Å²) in [4.78, 5) is 8.52. The standard InChI is InChI=1S/C12H22N4O/c1-10-9-11(17-2)16-12(15-10)14-8-6-4-3-5-7-13/h9H,3-8,13H2,1-2H3,(H,14,15,16). The molecule has 0 aromatic carbocycles. The summed E-state index contributed by atoms with van der Waals surface area (Å²) in [6.07, 6.45) is 4.59. The summed E-state index contributed by atoms with van der Waals surface area (Å²) in [6.45, 7) is 3.60. The minimum Gasteiger partial charge on any atom is -0.481 e. The van der Waals surface area contributed by atoms with Crippen LogP contribution in [0.3, 0.4) is 0 Å². The van der Waals surface area contributed by atoms with Crippen molar-refractivity contribution in [1.82, 2.24) is 9.97 Å². The van der Waals surface area contributed by atoms with E-state index in [1.165, 1.54) is 12.8 Å². The SMILES string of the molecule is COc1cc(C)nc(NCCCCCCN)n1. The molecule has 0 aliphatic carbocycles. The van der Waals surface area contributed by atoms with E-state index >= 15 is 0 Å². The van der Waals surface area contributed by atoms with Gasteiger partial charge in [0, 0.05) is 18.3 Å². The Morgan fingerprint density at radius 3 is 2.71 bits per heavy atom. The van der Waals surface area contributed by atoms with Crippen LogP contribution in [0.25, 0.3) is 0 Å². The summed E-state index contributed by atoms with van der Waals surface area (Å²) in [5, 5.41) is 3.20. The molecule has 0 fully saturated rings. The van der Waals surface area contributed by atoms with Gasteiger partial charge in [-0.15, -0.1) is 0 Å². The number of nitrogens with zero attached hydrogens (tertiary/aromatic N) is 2. The first-order valence-electron chi connectivity index (χ1n) is 6.10. The number of hydrogen-bond acceptors (Lipinski definition) is 5. The van der Waals surface area contributed by atoms with Crippen LogP contribution in [0.1, 0.15) is 31.4 Å². The molecule has 96 valence electrons. The first-order chi connectivity index (χ1) is 8.26. The maximum atomic E-state index is 5.43. The third-order valence-corrected chi connectivity index (χ3v) is 2.45. The van der Waals surface area contributed by atoms with Gasteiger partial charge in [-0.25, -0.2) is 4.98 Å². The van der Waals surface area contributed by atoms with Crippen molar-refractivity contribution in [3.63, 3.8) is 0 Å². The van der Waals surface area contributed by atoms with Crippen molar-refractivity contribution >= 4 is 5.95 Å². The Labute approximate surface area is 103 Å². The molecule has 0 saturated carbocycles. The number of unbranched alkanes of at least 4 members (excludes halogenated alkanes) is 3. The molecule has 0 spiro atoms. The van der Waals surface area contributed by atoms with Gasteiger partial charge in [-0.1, -0.05) is 12.8 Å². The number of anilines is 1. The zero-order valence-corrected chi connectivity index (χ0v) is 10.7. The van der Waals surface area contributed by atoms with Gasteiger partial charge in [0.05, 0.1) is 7.11 Å². The molecule has 0 radical (unpaired) electrons. The smallest absolute Gasteiger partial charge is 0.226 e. The van der Waals surface area contributed by atoms with E-state index in [2.05, 4.69) is 15.3 Å². The van der Waals surface area contributed by atoms with Crippen molar-refractivity contribution < 1.29 is 4.74 Å². The minimum atomic E-state index is 0.600. The fourth-order valence-corrected chi connectivity index (χ4v) is 1.55. The number of nitrogens with one attached hydrogen (secondary N) is 1. The first-order valence-corrected chi connectivity index (χ1v) is 6.10. The van der Waals surface area contributed by atoms with Crippen LogP contribution in [0.2, 0.25) is 0 Å². The molecule has 0 aliphatic heterocycles.